The Balaban J connectivity index is 1.64. The zero-order valence-corrected chi connectivity index (χ0v) is 15.1. The number of carbonyl (C=O) groups excluding carboxylic acids is 2. The van der Waals surface area contributed by atoms with Gasteiger partial charge in [-0.3, -0.25) is 14.5 Å². The molecule has 0 spiro atoms. The fourth-order valence-corrected chi connectivity index (χ4v) is 3.86. The van der Waals surface area contributed by atoms with E-state index in [0.717, 1.165) is 39.2 Å². The van der Waals surface area contributed by atoms with Crippen molar-refractivity contribution in [3.63, 3.8) is 0 Å². The van der Waals surface area contributed by atoms with Crippen molar-refractivity contribution in [2.24, 2.45) is 0 Å². The molecule has 0 atom stereocenters. The molecule has 3 aromatic carbocycles. The van der Waals surface area contributed by atoms with Crippen molar-refractivity contribution < 1.29 is 9.59 Å². The molecule has 1 heterocycles. The molecule has 2 amide bonds. The van der Waals surface area contributed by atoms with Crippen LogP contribution in [-0.2, 0) is 11.3 Å². The van der Waals surface area contributed by atoms with Gasteiger partial charge in [-0.15, -0.1) is 0 Å². The molecule has 1 fully saturated rings. The normalized spacial score (nSPS) is 16.0. The molecule has 0 aliphatic carbocycles. The van der Waals surface area contributed by atoms with Crippen LogP contribution in [0.3, 0.4) is 0 Å². The van der Waals surface area contributed by atoms with E-state index in [1.165, 1.54) is 4.90 Å². The molecule has 1 aliphatic rings. The highest BCUT2D eigenvalue weighted by molar-refractivity contribution is 8.18. The van der Waals surface area contributed by atoms with Crippen LogP contribution in [0.15, 0.2) is 71.6 Å². The van der Waals surface area contributed by atoms with Crippen molar-refractivity contribution in [2.75, 3.05) is 0 Å². The molecular weight excluding hydrogens is 342 g/mol. The number of rotatable bonds is 3. The Morgan fingerprint density at radius 3 is 2.46 bits per heavy atom. The van der Waals surface area contributed by atoms with Gasteiger partial charge in [-0.05, 0) is 46.7 Å². The fourth-order valence-electron chi connectivity index (χ4n) is 3.03. The molecule has 4 heteroatoms. The molecule has 3 nitrogen and oxygen atoms in total. The highest BCUT2D eigenvalue weighted by Crippen LogP contribution is 2.34. The lowest BCUT2D eigenvalue weighted by Gasteiger charge is -2.12. The number of thioether (sulfide) groups is 1. The summed E-state index contributed by atoms with van der Waals surface area (Å²) in [6.07, 6.45) is 1.82. The summed E-state index contributed by atoms with van der Waals surface area (Å²) in [6, 6.07) is 21.9. The van der Waals surface area contributed by atoms with Gasteiger partial charge in [0.25, 0.3) is 11.1 Å². The molecule has 26 heavy (non-hydrogen) atoms. The maximum atomic E-state index is 12.7. The highest BCUT2D eigenvalue weighted by atomic mass is 32.2. The van der Waals surface area contributed by atoms with E-state index in [9.17, 15) is 9.59 Å². The largest absolute Gasteiger partial charge is 0.293 e. The van der Waals surface area contributed by atoms with Crippen LogP contribution < -0.4 is 0 Å². The van der Waals surface area contributed by atoms with Gasteiger partial charge in [-0.2, -0.15) is 0 Å². The average Bonchev–Trinajstić information content (AvgIpc) is 2.91. The summed E-state index contributed by atoms with van der Waals surface area (Å²) in [5.74, 6) is -0.228. The third-order valence-corrected chi connectivity index (χ3v) is 5.35. The maximum Gasteiger partial charge on any atom is 0.293 e. The first kappa shape index (κ1) is 16.6. The van der Waals surface area contributed by atoms with Crippen LogP contribution in [0.4, 0.5) is 4.79 Å². The minimum absolute atomic E-state index is 0.220. The summed E-state index contributed by atoms with van der Waals surface area (Å²) in [5.41, 5.74) is 3.05. The molecule has 128 valence electrons. The van der Waals surface area contributed by atoms with E-state index in [1.807, 2.05) is 79.7 Å². The van der Waals surface area contributed by atoms with Gasteiger partial charge >= 0.3 is 0 Å². The quantitative estimate of drug-likeness (QED) is 0.589. The van der Waals surface area contributed by atoms with Gasteiger partial charge in [-0.25, -0.2) is 0 Å². The molecule has 0 radical (unpaired) electrons. The number of benzene rings is 3. The topological polar surface area (TPSA) is 37.4 Å². The third-order valence-electron chi connectivity index (χ3n) is 4.44. The summed E-state index contributed by atoms with van der Waals surface area (Å²) in [7, 11) is 0. The summed E-state index contributed by atoms with van der Waals surface area (Å²) in [6.45, 7) is 2.31. The number of fused-ring (bicyclic) bond motifs is 1. The van der Waals surface area contributed by atoms with Crippen molar-refractivity contribution in [3.05, 3.63) is 88.3 Å². The number of aryl methyl sites for hydroxylation is 1. The van der Waals surface area contributed by atoms with Crippen LogP contribution in [-0.4, -0.2) is 16.0 Å². The van der Waals surface area contributed by atoms with Gasteiger partial charge in [0, 0.05) is 0 Å². The Bertz CT molecular complexity index is 1030. The molecule has 3 aromatic rings. The van der Waals surface area contributed by atoms with Crippen molar-refractivity contribution in [1.82, 2.24) is 4.90 Å². The van der Waals surface area contributed by atoms with E-state index in [4.69, 9.17) is 0 Å². The Morgan fingerprint density at radius 2 is 1.65 bits per heavy atom. The van der Waals surface area contributed by atoms with Gasteiger partial charge in [0.15, 0.2) is 0 Å². The summed E-state index contributed by atoms with van der Waals surface area (Å²) in [4.78, 5) is 26.9. The number of imide groups is 1. The minimum atomic E-state index is -0.228. The zero-order valence-electron chi connectivity index (χ0n) is 14.3. The predicted molar refractivity (Wildman–Crippen MR) is 107 cm³/mol. The average molecular weight is 359 g/mol. The van der Waals surface area contributed by atoms with Crippen LogP contribution >= 0.6 is 11.8 Å². The van der Waals surface area contributed by atoms with Gasteiger partial charge in [-0.1, -0.05) is 72.3 Å². The Kier molecular flexibility index (Phi) is 4.35. The van der Waals surface area contributed by atoms with Crippen LogP contribution in [0.25, 0.3) is 16.8 Å². The molecular formula is C22H17NO2S. The second-order valence-electron chi connectivity index (χ2n) is 6.32. The van der Waals surface area contributed by atoms with Crippen molar-refractivity contribution in [2.45, 2.75) is 13.5 Å². The standard InChI is InChI=1S/C22H17NO2S/c1-15-9-11-16(12-10-15)14-23-21(24)20(26-22(23)25)13-18-7-4-6-17-5-2-3-8-19(17)18/h2-13H,14H2,1H3/b20-13-. The second kappa shape index (κ2) is 6.81. The van der Waals surface area contributed by atoms with Crippen LogP contribution in [0.1, 0.15) is 16.7 Å². The van der Waals surface area contributed by atoms with Crippen molar-refractivity contribution >= 4 is 39.8 Å². The maximum absolute atomic E-state index is 12.7. The highest BCUT2D eigenvalue weighted by Gasteiger charge is 2.35. The second-order valence-corrected chi connectivity index (χ2v) is 7.32. The van der Waals surface area contributed by atoms with Gasteiger partial charge < -0.3 is 0 Å². The Labute approximate surface area is 156 Å². The molecule has 0 N–H and O–H groups in total. The SMILES string of the molecule is Cc1ccc(CN2C(=O)S/C(=C\c3cccc4ccccc34)C2=O)cc1. The molecule has 0 aromatic heterocycles. The van der Waals surface area contributed by atoms with Gasteiger partial charge in [0.05, 0.1) is 11.4 Å². The van der Waals surface area contributed by atoms with E-state index in [-0.39, 0.29) is 11.1 Å². The van der Waals surface area contributed by atoms with E-state index in [1.54, 1.807) is 0 Å². The minimum Gasteiger partial charge on any atom is -0.268 e. The summed E-state index contributed by atoms with van der Waals surface area (Å²) >= 11 is 1.01. The smallest absolute Gasteiger partial charge is 0.268 e. The fraction of sp³-hybridized carbons (Fsp3) is 0.0909. The summed E-state index contributed by atoms with van der Waals surface area (Å²) < 4.78 is 0. The zero-order chi connectivity index (χ0) is 18.1. The van der Waals surface area contributed by atoms with E-state index < -0.39 is 0 Å². The lowest BCUT2D eigenvalue weighted by molar-refractivity contribution is -0.123. The third kappa shape index (κ3) is 3.16. The van der Waals surface area contributed by atoms with Crippen LogP contribution in [0.5, 0.6) is 0 Å². The lowest BCUT2D eigenvalue weighted by atomic mass is 10.0. The molecule has 1 aliphatic heterocycles. The molecule has 0 unspecified atom stereocenters. The number of nitrogens with zero attached hydrogens (tertiary/aromatic N) is 1. The Hall–Kier alpha value is -2.85. The van der Waals surface area contributed by atoms with Crippen LogP contribution in [0.2, 0.25) is 0 Å². The van der Waals surface area contributed by atoms with Gasteiger partial charge in [0.2, 0.25) is 0 Å². The van der Waals surface area contributed by atoms with Crippen LogP contribution in [0, 0.1) is 6.92 Å². The number of hydrogen-bond donors (Lipinski definition) is 0. The lowest BCUT2D eigenvalue weighted by Crippen LogP contribution is -2.27. The number of amides is 2. The molecule has 0 bridgehead atoms. The Morgan fingerprint density at radius 1 is 0.923 bits per heavy atom. The molecule has 4 rings (SSSR count). The first-order chi connectivity index (χ1) is 12.6. The van der Waals surface area contributed by atoms with E-state index >= 15 is 0 Å². The molecule has 1 saturated heterocycles. The monoisotopic (exact) mass is 359 g/mol. The number of hydrogen-bond acceptors (Lipinski definition) is 3. The van der Waals surface area contributed by atoms with Crippen molar-refractivity contribution in [3.8, 4) is 0 Å². The summed E-state index contributed by atoms with van der Waals surface area (Å²) in [5, 5.41) is 1.96. The number of carbonyl (C=O) groups is 2. The van der Waals surface area contributed by atoms with Crippen molar-refractivity contribution in [1.29, 1.82) is 0 Å². The molecule has 0 saturated carbocycles. The van der Waals surface area contributed by atoms with Gasteiger partial charge in [0.1, 0.15) is 0 Å². The first-order valence-electron chi connectivity index (χ1n) is 8.40. The van der Waals surface area contributed by atoms with E-state index in [2.05, 4.69) is 0 Å². The van der Waals surface area contributed by atoms with E-state index in [0.29, 0.717) is 11.4 Å². The predicted octanol–water partition coefficient (Wildman–Crippen LogP) is 5.38. The first-order valence-corrected chi connectivity index (χ1v) is 9.22.